The number of benzene rings is 2. The number of likely N-dealkylation sites (N-methyl/N-ethyl adjacent to an activating group) is 2. The second kappa shape index (κ2) is 5.86. The smallest absolute Gasteiger partial charge is 0.142 e. The van der Waals surface area contributed by atoms with Crippen molar-refractivity contribution in [1.29, 1.82) is 0 Å². The van der Waals surface area contributed by atoms with Crippen LogP contribution >= 0.6 is 0 Å². The molecule has 0 saturated heterocycles. The molecule has 0 saturated carbocycles. The summed E-state index contributed by atoms with van der Waals surface area (Å²) in [5, 5.41) is 3.65. The SMILES string of the molecule is CCN1c2ccccc2N[C@@H]2N=C(N(C)C)[C@H](c3ccccc3)[C@H]21. The number of fused-ring (bicyclic) bond motifs is 2. The van der Waals surface area contributed by atoms with E-state index in [2.05, 4.69) is 90.7 Å². The zero-order valence-corrected chi connectivity index (χ0v) is 14.5. The molecule has 3 atom stereocenters. The van der Waals surface area contributed by atoms with Crippen LogP contribution < -0.4 is 10.2 Å². The normalized spacial score (nSPS) is 24.7. The highest BCUT2D eigenvalue weighted by Gasteiger charge is 2.46. The maximum absolute atomic E-state index is 5.05. The number of amidine groups is 1. The largest absolute Gasteiger partial charge is 0.366 e. The van der Waals surface area contributed by atoms with Crippen molar-refractivity contribution in [2.45, 2.75) is 25.0 Å². The first-order valence-electron chi connectivity index (χ1n) is 8.63. The number of aliphatic imine (C=N–C) groups is 1. The minimum Gasteiger partial charge on any atom is -0.366 e. The Kier molecular flexibility index (Phi) is 3.68. The van der Waals surface area contributed by atoms with E-state index in [1.807, 2.05) is 0 Å². The average Bonchev–Trinajstić information content (AvgIpc) is 2.99. The minimum atomic E-state index is 0.0856. The molecule has 0 aromatic heterocycles. The van der Waals surface area contributed by atoms with Crippen LogP contribution in [-0.4, -0.2) is 43.6 Å². The molecule has 2 aromatic rings. The zero-order valence-electron chi connectivity index (χ0n) is 14.5. The molecule has 2 aliphatic rings. The van der Waals surface area contributed by atoms with Crippen molar-refractivity contribution in [3.8, 4) is 0 Å². The van der Waals surface area contributed by atoms with Crippen LogP contribution in [0, 0.1) is 0 Å². The quantitative estimate of drug-likeness (QED) is 0.920. The fraction of sp³-hybridized carbons (Fsp3) is 0.350. The Bertz CT molecular complexity index is 753. The highest BCUT2D eigenvalue weighted by molar-refractivity contribution is 5.94. The summed E-state index contributed by atoms with van der Waals surface area (Å²) in [4.78, 5) is 9.73. The van der Waals surface area contributed by atoms with E-state index in [0.717, 1.165) is 12.4 Å². The van der Waals surface area contributed by atoms with E-state index in [9.17, 15) is 0 Å². The molecule has 1 N–H and O–H groups in total. The van der Waals surface area contributed by atoms with E-state index in [4.69, 9.17) is 4.99 Å². The third kappa shape index (κ3) is 2.25. The molecule has 0 radical (unpaired) electrons. The van der Waals surface area contributed by atoms with Gasteiger partial charge in [-0.3, -0.25) is 0 Å². The predicted molar refractivity (Wildman–Crippen MR) is 101 cm³/mol. The number of hydrogen-bond acceptors (Lipinski definition) is 4. The molecule has 2 aliphatic heterocycles. The Morgan fingerprint density at radius 2 is 1.75 bits per heavy atom. The summed E-state index contributed by atoms with van der Waals surface area (Å²) in [5.74, 6) is 1.42. The third-order valence-electron chi connectivity index (χ3n) is 5.05. The maximum atomic E-state index is 5.05. The van der Waals surface area contributed by atoms with Crippen molar-refractivity contribution < 1.29 is 0 Å². The summed E-state index contributed by atoms with van der Waals surface area (Å²) in [6.45, 7) is 3.20. The molecular formula is C20H24N4. The van der Waals surface area contributed by atoms with Gasteiger partial charge in [-0.1, -0.05) is 42.5 Å². The Morgan fingerprint density at radius 1 is 1.04 bits per heavy atom. The standard InChI is InChI=1S/C20H24N4/c1-4-24-16-13-9-8-12-15(16)21-19-18(24)17(20(22-19)23(2)3)14-10-6-5-7-11-14/h5-13,17-19,21H,4H2,1-3H3/t17-,18-,19-/m1/s1. The summed E-state index contributed by atoms with van der Waals surface area (Å²) in [5.41, 5.74) is 3.78. The average molecular weight is 320 g/mol. The van der Waals surface area contributed by atoms with Gasteiger partial charge in [0.2, 0.25) is 0 Å². The van der Waals surface area contributed by atoms with Gasteiger partial charge in [0.15, 0.2) is 0 Å². The molecule has 0 unspecified atom stereocenters. The molecule has 4 rings (SSSR count). The topological polar surface area (TPSA) is 30.9 Å². The van der Waals surface area contributed by atoms with Gasteiger partial charge in [0.05, 0.1) is 23.3 Å². The highest BCUT2D eigenvalue weighted by atomic mass is 15.3. The van der Waals surface area contributed by atoms with Gasteiger partial charge in [0.25, 0.3) is 0 Å². The molecule has 24 heavy (non-hydrogen) atoms. The van der Waals surface area contributed by atoms with E-state index < -0.39 is 0 Å². The van der Waals surface area contributed by atoms with Crippen molar-refractivity contribution in [2.24, 2.45) is 4.99 Å². The minimum absolute atomic E-state index is 0.0856. The number of nitrogens with zero attached hydrogens (tertiary/aromatic N) is 3. The van der Waals surface area contributed by atoms with Gasteiger partial charge in [0, 0.05) is 20.6 Å². The lowest BCUT2D eigenvalue weighted by atomic mass is 9.88. The molecule has 124 valence electrons. The van der Waals surface area contributed by atoms with Crippen molar-refractivity contribution in [3.63, 3.8) is 0 Å². The van der Waals surface area contributed by atoms with Crippen LogP contribution in [0.5, 0.6) is 0 Å². The number of para-hydroxylation sites is 2. The molecule has 4 nitrogen and oxygen atoms in total. The fourth-order valence-corrected chi connectivity index (χ4v) is 4.05. The lowest BCUT2D eigenvalue weighted by Gasteiger charge is -2.42. The Labute approximate surface area is 143 Å². The van der Waals surface area contributed by atoms with Gasteiger partial charge in [-0.15, -0.1) is 0 Å². The lowest BCUT2D eigenvalue weighted by molar-refractivity contribution is 0.509. The predicted octanol–water partition coefficient (Wildman–Crippen LogP) is 3.39. The monoisotopic (exact) mass is 320 g/mol. The molecule has 4 heteroatoms. The summed E-state index contributed by atoms with van der Waals surface area (Å²) in [6, 6.07) is 19.6. The van der Waals surface area contributed by atoms with Crippen LogP contribution in [0.3, 0.4) is 0 Å². The molecular weight excluding hydrogens is 296 g/mol. The number of rotatable bonds is 2. The van der Waals surface area contributed by atoms with Gasteiger partial charge < -0.3 is 15.1 Å². The Balaban J connectivity index is 1.83. The van der Waals surface area contributed by atoms with Crippen LogP contribution in [0.4, 0.5) is 11.4 Å². The summed E-state index contributed by atoms with van der Waals surface area (Å²) >= 11 is 0. The Hall–Kier alpha value is -2.49. The van der Waals surface area contributed by atoms with Gasteiger partial charge in [-0.05, 0) is 24.6 Å². The molecule has 2 aromatic carbocycles. The van der Waals surface area contributed by atoms with Crippen LogP contribution in [0.15, 0.2) is 59.6 Å². The zero-order chi connectivity index (χ0) is 16.7. The molecule has 2 heterocycles. The molecule has 0 bridgehead atoms. The molecule has 0 amide bonds. The lowest BCUT2D eigenvalue weighted by Crippen LogP contribution is -2.51. The molecule has 0 aliphatic carbocycles. The second-order valence-corrected chi connectivity index (χ2v) is 6.65. The van der Waals surface area contributed by atoms with Gasteiger partial charge in [-0.2, -0.15) is 0 Å². The van der Waals surface area contributed by atoms with Crippen LogP contribution in [0.25, 0.3) is 0 Å². The van der Waals surface area contributed by atoms with E-state index in [1.54, 1.807) is 0 Å². The van der Waals surface area contributed by atoms with E-state index in [1.165, 1.54) is 16.9 Å². The van der Waals surface area contributed by atoms with Crippen molar-refractivity contribution in [1.82, 2.24) is 4.90 Å². The number of nitrogens with one attached hydrogen (secondary N) is 1. The third-order valence-corrected chi connectivity index (χ3v) is 5.05. The second-order valence-electron chi connectivity index (χ2n) is 6.65. The van der Waals surface area contributed by atoms with Crippen molar-refractivity contribution >= 4 is 17.2 Å². The summed E-state index contributed by atoms with van der Waals surface area (Å²) < 4.78 is 0. The van der Waals surface area contributed by atoms with Crippen molar-refractivity contribution in [3.05, 3.63) is 60.2 Å². The first kappa shape index (κ1) is 15.1. The van der Waals surface area contributed by atoms with E-state index >= 15 is 0 Å². The summed E-state index contributed by atoms with van der Waals surface area (Å²) in [6.07, 6.45) is 0.0856. The first-order valence-corrected chi connectivity index (χ1v) is 8.63. The highest BCUT2D eigenvalue weighted by Crippen LogP contribution is 2.43. The fourth-order valence-electron chi connectivity index (χ4n) is 4.05. The Morgan fingerprint density at radius 3 is 2.46 bits per heavy atom. The van der Waals surface area contributed by atoms with Crippen LogP contribution in [0.2, 0.25) is 0 Å². The number of hydrogen-bond donors (Lipinski definition) is 1. The molecule has 0 spiro atoms. The van der Waals surface area contributed by atoms with Crippen LogP contribution in [-0.2, 0) is 0 Å². The first-order chi connectivity index (χ1) is 11.7. The van der Waals surface area contributed by atoms with E-state index in [-0.39, 0.29) is 12.1 Å². The number of anilines is 2. The van der Waals surface area contributed by atoms with E-state index in [0.29, 0.717) is 6.04 Å². The van der Waals surface area contributed by atoms with Crippen LogP contribution in [0.1, 0.15) is 18.4 Å². The summed E-state index contributed by atoms with van der Waals surface area (Å²) in [7, 11) is 4.19. The van der Waals surface area contributed by atoms with Crippen molar-refractivity contribution in [2.75, 3.05) is 30.9 Å². The van der Waals surface area contributed by atoms with Gasteiger partial charge in [-0.25, -0.2) is 4.99 Å². The molecule has 0 fully saturated rings. The van der Waals surface area contributed by atoms with Gasteiger partial charge in [0.1, 0.15) is 12.0 Å². The van der Waals surface area contributed by atoms with Gasteiger partial charge >= 0.3 is 0 Å². The maximum Gasteiger partial charge on any atom is 0.142 e.